The van der Waals surface area contributed by atoms with Crippen LogP contribution in [-0.2, 0) is 12.1 Å². The summed E-state index contributed by atoms with van der Waals surface area (Å²) in [5, 5.41) is 13.3. The van der Waals surface area contributed by atoms with Crippen molar-refractivity contribution in [2.75, 3.05) is 13.1 Å². The quantitative estimate of drug-likeness (QED) is 0.786. The van der Waals surface area contributed by atoms with Gasteiger partial charge in [0, 0.05) is 24.1 Å². The van der Waals surface area contributed by atoms with E-state index < -0.39 is 5.72 Å². The molecule has 0 amide bonds. The standard InChI is InChI=1S/C17H12Cl4N2O/c18-12-2-1-9(5-13(12)19)8-17(24)11-7-15(21)14(20)6-10(11)16-22-3-4-23(16)17/h1-2,5-7,24H,3-4,8H2. The van der Waals surface area contributed by atoms with Crippen LogP contribution in [0.2, 0.25) is 20.1 Å². The number of fused-ring (bicyclic) bond motifs is 3. The summed E-state index contributed by atoms with van der Waals surface area (Å²) in [6, 6.07) is 8.84. The van der Waals surface area contributed by atoms with Gasteiger partial charge in [0.1, 0.15) is 5.84 Å². The van der Waals surface area contributed by atoms with Gasteiger partial charge in [0.2, 0.25) is 0 Å². The first kappa shape index (κ1) is 16.5. The number of hydrogen-bond acceptors (Lipinski definition) is 3. The molecule has 0 fully saturated rings. The highest BCUT2D eigenvalue weighted by atomic mass is 35.5. The van der Waals surface area contributed by atoms with Crippen LogP contribution >= 0.6 is 46.4 Å². The predicted molar refractivity (Wildman–Crippen MR) is 98.6 cm³/mol. The van der Waals surface area contributed by atoms with Crippen molar-refractivity contribution < 1.29 is 5.11 Å². The van der Waals surface area contributed by atoms with Crippen LogP contribution in [0.4, 0.5) is 0 Å². The van der Waals surface area contributed by atoms with Crippen LogP contribution in [0.5, 0.6) is 0 Å². The topological polar surface area (TPSA) is 35.8 Å². The summed E-state index contributed by atoms with van der Waals surface area (Å²) in [7, 11) is 0. The molecule has 2 aliphatic heterocycles. The number of rotatable bonds is 2. The van der Waals surface area contributed by atoms with Crippen LogP contribution in [0, 0.1) is 0 Å². The molecule has 2 aromatic carbocycles. The first-order valence-electron chi connectivity index (χ1n) is 7.38. The maximum atomic E-state index is 11.5. The van der Waals surface area contributed by atoms with Gasteiger partial charge in [-0.2, -0.15) is 0 Å². The molecular formula is C17H12Cl4N2O. The average molecular weight is 402 g/mol. The van der Waals surface area contributed by atoms with E-state index in [1.165, 1.54) is 0 Å². The van der Waals surface area contributed by atoms with Crippen molar-refractivity contribution in [3.63, 3.8) is 0 Å². The van der Waals surface area contributed by atoms with Crippen molar-refractivity contribution in [1.82, 2.24) is 4.90 Å². The minimum Gasteiger partial charge on any atom is -0.366 e. The molecule has 24 heavy (non-hydrogen) atoms. The van der Waals surface area contributed by atoms with Crippen LogP contribution in [-0.4, -0.2) is 28.9 Å². The van der Waals surface area contributed by atoms with Gasteiger partial charge in [-0.05, 0) is 29.8 Å². The van der Waals surface area contributed by atoms with Gasteiger partial charge in [0.05, 0.1) is 26.6 Å². The molecule has 0 saturated heterocycles. The molecule has 0 radical (unpaired) electrons. The van der Waals surface area contributed by atoms with Gasteiger partial charge in [0.25, 0.3) is 0 Å². The highest BCUT2D eigenvalue weighted by Gasteiger charge is 2.48. The maximum Gasteiger partial charge on any atom is 0.170 e. The monoisotopic (exact) mass is 400 g/mol. The normalized spacial score (nSPS) is 21.7. The van der Waals surface area contributed by atoms with E-state index in [4.69, 9.17) is 46.4 Å². The summed E-state index contributed by atoms with van der Waals surface area (Å²) in [6.45, 7) is 1.27. The first-order chi connectivity index (χ1) is 11.4. The van der Waals surface area contributed by atoms with Crippen LogP contribution in [0.15, 0.2) is 35.3 Å². The number of amidine groups is 1. The highest BCUT2D eigenvalue weighted by molar-refractivity contribution is 6.42. The number of hydrogen-bond donors (Lipinski definition) is 1. The highest BCUT2D eigenvalue weighted by Crippen LogP contribution is 2.44. The van der Waals surface area contributed by atoms with E-state index in [-0.39, 0.29) is 0 Å². The summed E-state index contributed by atoms with van der Waals surface area (Å²) in [4.78, 5) is 6.41. The fourth-order valence-corrected chi connectivity index (χ4v) is 4.02. The Morgan fingerprint density at radius 2 is 1.71 bits per heavy atom. The second kappa shape index (κ2) is 5.79. The molecule has 2 aromatic rings. The van der Waals surface area contributed by atoms with Crippen molar-refractivity contribution in [3.8, 4) is 0 Å². The smallest absolute Gasteiger partial charge is 0.170 e. The second-order valence-corrected chi connectivity index (χ2v) is 7.54. The lowest BCUT2D eigenvalue weighted by atomic mass is 9.94. The van der Waals surface area contributed by atoms with Gasteiger partial charge in [0.15, 0.2) is 5.72 Å². The summed E-state index contributed by atoms with van der Waals surface area (Å²) in [6.07, 6.45) is 0.341. The lowest BCUT2D eigenvalue weighted by molar-refractivity contribution is -0.0637. The van der Waals surface area contributed by atoms with Crippen LogP contribution in [0.1, 0.15) is 16.7 Å². The summed E-state index contributed by atoms with van der Waals surface area (Å²) in [5.74, 6) is 0.756. The van der Waals surface area contributed by atoms with Crippen LogP contribution in [0.25, 0.3) is 0 Å². The average Bonchev–Trinajstić information content (AvgIpc) is 3.09. The fourth-order valence-electron chi connectivity index (χ4n) is 3.37. The Morgan fingerprint density at radius 3 is 2.46 bits per heavy atom. The fraction of sp³-hybridized carbons (Fsp3) is 0.235. The third-order valence-corrected chi connectivity index (χ3v) is 5.92. The maximum absolute atomic E-state index is 11.5. The zero-order valence-electron chi connectivity index (χ0n) is 12.4. The molecule has 4 rings (SSSR count). The van der Waals surface area contributed by atoms with Crippen molar-refractivity contribution in [2.24, 2.45) is 4.99 Å². The molecular weight excluding hydrogens is 390 g/mol. The van der Waals surface area contributed by atoms with Crippen LogP contribution in [0.3, 0.4) is 0 Å². The Balaban J connectivity index is 1.83. The minimum absolute atomic E-state index is 0.341. The Kier molecular flexibility index (Phi) is 3.98. The van der Waals surface area contributed by atoms with E-state index in [0.717, 1.165) is 17.0 Å². The molecule has 1 atom stereocenters. The molecule has 0 aromatic heterocycles. The van der Waals surface area contributed by atoms with E-state index in [0.29, 0.717) is 45.2 Å². The molecule has 2 aliphatic rings. The molecule has 0 aliphatic carbocycles. The van der Waals surface area contributed by atoms with Gasteiger partial charge in [-0.1, -0.05) is 52.5 Å². The summed E-state index contributed by atoms with van der Waals surface area (Å²) >= 11 is 24.4. The third kappa shape index (κ3) is 2.42. The molecule has 0 spiro atoms. The van der Waals surface area contributed by atoms with E-state index in [1.807, 2.05) is 11.0 Å². The zero-order valence-corrected chi connectivity index (χ0v) is 15.4. The van der Waals surface area contributed by atoms with E-state index in [2.05, 4.69) is 4.99 Å². The minimum atomic E-state index is -1.24. The third-order valence-electron chi connectivity index (χ3n) is 4.45. The SMILES string of the molecule is OC1(Cc2ccc(Cl)c(Cl)c2)c2cc(Cl)c(Cl)cc2C2=NCCN21. The van der Waals surface area contributed by atoms with Gasteiger partial charge in [-0.15, -0.1) is 0 Å². The first-order valence-corrected chi connectivity index (χ1v) is 8.89. The van der Waals surface area contributed by atoms with E-state index >= 15 is 0 Å². The van der Waals surface area contributed by atoms with Gasteiger partial charge in [-0.25, -0.2) is 0 Å². The zero-order chi connectivity index (χ0) is 17.1. The van der Waals surface area contributed by atoms with Crippen molar-refractivity contribution >= 4 is 52.2 Å². The van der Waals surface area contributed by atoms with Gasteiger partial charge >= 0.3 is 0 Å². The number of benzene rings is 2. The molecule has 0 bridgehead atoms. The van der Waals surface area contributed by atoms with Gasteiger partial charge in [-0.3, -0.25) is 4.99 Å². The summed E-state index contributed by atoms with van der Waals surface area (Å²) < 4.78 is 0. The summed E-state index contributed by atoms with van der Waals surface area (Å²) in [5.41, 5.74) is 1.17. The molecule has 0 saturated carbocycles. The van der Waals surface area contributed by atoms with E-state index in [1.54, 1.807) is 24.3 Å². The molecule has 1 unspecified atom stereocenters. The largest absolute Gasteiger partial charge is 0.366 e. The lowest BCUT2D eigenvalue weighted by Crippen LogP contribution is -2.44. The van der Waals surface area contributed by atoms with Crippen molar-refractivity contribution in [2.45, 2.75) is 12.1 Å². The van der Waals surface area contributed by atoms with Crippen molar-refractivity contribution in [3.05, 3.63) is 67.1 Å². The Hall–Kier alpha value is -0.970. The number of aliphatic imine (C=N–C) groups is 1. The molecule has 2 heterocycles. The Morgan fingerprint density at radius 1 is 1.00 bits per heavy atom. The van der Waals surface area contributed by atoms with Gasteiger partial charge < -0.3 is 10.0 Å². The van der Waals surface area contributed by atoms with Crippen LogP contribution < -0.4 is 0 Å². The molecule has 3 nitrogen and oxygen atoms in total. The number of nitrogens with zero attached hydrogens (tertiary/aromatic N) is 2. The van der Waals surface area contributed by atoms with E-state index in [9.17, 15) is 5.11 Å². The number of halogens is 4. The Labute approximate surface area is 159 Å². The molecule has 7 heteroatoms. The molecule has 1 N–H and O–H groups in total. The second-order valence-electron chi connectivity index (χ2n) is 5.91. The predicted octanol–water partition coefficient (Wildman–Crippen LogP) is 4.76. The Bertz CT molecular complexity index is 883. The lowest BCUT2D eigenvalue weighted by Gasteiger charge is -2.33. The van der Waals surface area contributed by atoms with Crippen molar-refractivity contribution in [1.29, 1.82) is 0 Å². The molecule has 124 valence electrons. The number of aliphatic hydroxyl groups is 1.